The van der Waals surface area contributed by atoms with Gasteiger partial charge in [0.05, 0.1) is 42.7 Å². The fourth-order valence-electron chi connectivity index (χ4n) is 4.04. The Morgan fingerprint density at radius 3 is 2.76 bits per heavy atom. The molecule has 2 saturated heterocycles. The number of nitrogens with one attached hydrogen (secondary N) is 1. The number of benzene rings is 1. The van der Waals surface area contributed by atoms with E-state index >= 15 is 0 Å². The lowest BCUT2D eigenvalue weighted by atomic mass is 9.93. The zero-order valence-corrected chi connectivity index (χ0v) is 17.7. The van der Waals surface area contributed by atoms with E-state index in [2.05, 4.69) is 10.2 Å². The van der Waals surface area contributed by atoms with Crippen molar-refractivity contribution in [2.45, 2.75) is 31.5 Å². The highest BCUT2D eigenvalue weighted by Crippen LogP contribution is 2.41. The van der Waals surface area contributed by atoms with Gasteiger partial charge in [0.25, 0.3) is 5.91 Å². The van der Waals surface area contributed by atoms with Crippen LogP contribution in [-0.2, 0) is 4.74 Å². The molecule has 0 saturated carbocycles. The van der Waals surface area contributed by atoms with Gasteiger partial charge in [0, 0.05) is 32.2 Å². The van der Waals surface area contributed by atoms with E-state index in [1.54, 1.807) is 0 Å². The molecule has 0 bridgehead atoms. The van der Waals surface area contributed by atoms with Gasteiger partial charge >= 0.3 is 0 Å². The van der Waals surface area contributed by atoms with Crippen molar-refractivity contribution >= 4 is 23.2 Å². The lowest BCUT2D eigenvalue weighted by Crippen LogP contribution is -2.49. The third-order valence-corrected chi connectivity index (χ3v) is 6.01. The second-order valence-electron chi connectivity index (χ2n) is 7.61. The Labute approximate surface area is 176 Å². The van der Waals surface area contributed by atoms with Crippen LogP contribution in [0.3, 0.4) is 0 Å². The molecule has 4 N–H and O–H groups in total. The van der Waals surface area contributed by atoms with E-state index in [4.69, 9.17) is 31.5 Å². The maximum Gasteiger partial charge on any atom is 0.255 e. The monoisotopic (exact) mass is 427 g/mol. The number of amides is 1. The Balaban J connectivity index is 1.57. The number of likely N-dealkylation sites (tertiary alicyclic amines) is 1. The van der Waals surface area contributed by atoms with E-state index in [9.17, 15) is 9.90 Å². The summed E-state index contributed by atoms with van der Waals surface area (Å²) in [7, 11) is 2.88. The van der Waals surface area contributed by atoms with Crippen molar-refractivity contribution in [3.05, 3.63) is 16.7 Å². The van der Waals surface area contributed by atoms with Crippen LogP contribution in [0.1, 0.15) is 29.6 Å². The van der Waals surface area contributed by atoms with Crippen molar-refractivity contribution in [2.24, 2.45) is 5.92 Å². The topological polar surface area (TPSA) is 106 Å². The van der Waals surface area contributed by atoms with Crippen molar-refractivity contribution < 1.29 is 24.1 Å². The Morgan fingerprint density at radius 1 is 1.38 bits per heavy atom. The van der Waals surface area contributed by atoms with Crippen LogP contribution >= 0.6 is 11.6 Å². The summed E-state index contributed by atoms with van der Waals surface area (Å²) in [5.41, 5.74) is 6.37. The SMILES string of the molecule is COc1c(C(=O)NC[C@@H]2CCN(CC3CCCO3)C[C@H]2O)cc(Cl)c(N)c1OC. The number of piperidine rings is 1. The van der Waals surface area contributed by atoms with Gasteiger partial charge in [-0.25, -0.2) is 0 Å². The van der Waals surface area contributed by atoms with Gasteiger partial charge in [0.15, 0.2) is 11.5 Å². The number of nitrogens with two attached hydrogens (primary N) is 1. The molecule has 1 aromatic rings. The highest BCUT2D eigenvalue weighted by molar-refractivity contribution is 6.34. The van der Waals surface area contributed by atoms with Gasteiger partial charge in [-0.3, -0.25) is 9.69 Å². The number of halogens is 1. The van der Waals surface area contributed by atoms with E-state index in [1.165, 1.54) is 20.3 Å². The van der Waals surface area contributed by atoms with Crippen molar-refractivity contribution in [3.8, 4) is 11.5 Å². The van der Waals surface area contributed by atoms with Crippen LogP contribution in [0.2, 0.25) is 5.02 Å². The molecular weight excluding hydrogens is 398 g/mol. The number of ether oxygens (including phenoxy) is 3. The van der Waals surface area contributed by atoms with Crippen molar-refractivity contribution in [1.82, 2.24) is 10.2 Å². The van der Waals surface area contributed by atoms with Gasteiger partial charge in [-0.2, -0.15) is 0 Å². The van der Waals surface area contributed by atoms with Gasteiger partial charge < -0.3 is 30.4 Å². The van der Waals surface area contributed by atoms with Gasteiger partial charge in [-0.05, 0) is 31.9 Å². The minimum absolute atomic E-state index is 0.0168. The predicted molar refractivity (Wildman–Crippen MR) is 111 cm³/mol. The van der Waals surface area contributed by atoms with Crippen molar-refractivity contribution in [1.29, 1.82) is 0 Å². The second-order valence-corrected chi connectivity index (χ2v) is 8.01. The first kappa shape index (κ1) is 22.0. The molecular formula is C20H30ClN3O5. The van der Waals surface area contributed by atoms with Crippen LogP contribution < -0.4 is 20.5 Å². The lowest BCUT2D eigenvalue weighted by Gasteiger charge is -2.37. The smallest absolute Gasteiger partial charge is 0.255 e. The van der Waals surface area contributed by atoms with Crippen LogP contribution in [0.4, 0.5) is 5.69 Å². The summed E-state index contributed by atoms with van der Waals surface area (Å²) < 4.78 is 16.3. The fraction of sp³-hybridized carbons (Fsp3) is 0.650. The largest absolute Gasteiger partial charge is 0.492 e. The van der Waals surface area contributed by atoms with Crippen LogP contribution in [-0.4, -0.2) is 75.1 Å². The Bertz CT molecular complexity index is 727. The summed E-state index contributed by atoms with van der Waals surface area (Å²) in [5, 5.41) is 13.6. The van der Waals surface area contributed by atoms with Gasteiger partial charge in [-0.15, -0.1) is 0 Å². The van der Waals surface area contributed by atoms with E-state index in [1.807, 2.05) is 0 Å². The molecule has 1 aromatic carbocycles. The summed E-state index contributed by atoms with van der Waals surface area (Å²) >= 11 is 6.13. The standard InChI is InChI=1S/C20H30ClN3O5/c1-27-18-14(8-15(21)17(22)19(18)28-2)20(26)23-9-12-5-6-24(11-16(12)25)10-13-4-3-7-29-13/h8,12-13,16,25H,3-7,9-11,22H2,1-2H3,(H,23,26)/t12-,13?,16+/m0/s1. The molecule has 1 unspecified atom stereocenters. The molecule has 9 heteroatoms. The maximum atomic E-state index is 12.7. The van der Waals surface area contributed by atoms with E-state index in [0.29, 0.717) is 13.1 Å². The number of nitrogen functional groups attached to an aromatic ring is 1. The highest BCUT2D eigenvalue weighted by Gasteiger charge is 2.30. The Hall–Kier alpha value is -1.74. The number of hydrogen-bond acceptors (Lipinski definition) is 7. The van der Waals surface area contributed by atoms with Gasteiger partial charge in [0.2, 0.25) is 0 Å². The number of anilines is 1. The zero-order chi connectivity index (χ0) is 21.0. The summed E-state index contributed by atoms with van der Waals surface area (Å²) in [6, 6.07) is 1.47. The fourth-order valence-corrected chi connectivity index (χ4v) is 4.24. The predicted octanol–water partition coefficient (Wildman–Crippen LogP) is 1.53. The molecule has 29 heavy (non-hydrogen) atoms. The van der Waals surface area contributed by atoms with Crippen molar-refractivity contribution in [3.63, 3.8) is 0 Å². The number of aliphatic hydroxyl groups excluding tert-OH is 1. The molecule has 2 aliphatic rings. The normalized spacial score (nSPS) is 25.0. The quantitative estimate of drug-likeness (QED) is 0.566. The molecule has 0 spiro atoms. The number of nitrogens with zero attached hydrogens (tertiary/aromatic N) is 1. The molecule has 2 heterocycles. The average Bonchev–Trinajstić information content (AvgIpc) is 3.21. The van der Waals surface area contributed by atoms with Crippen LogP contribution in [0, 0.1) is 5.92 Å². The van der Waals surface area contributed by atoms with Crippen LogP contribution in [0.5, 0.6) is 11.5 Å². The summed E-state index contributed by atoms with van der Waals surface area (Å²) in [6.45, 7) is 3.52. The molecule has 162 valence electrons. The maximum absolute atomic E-state index is 12.7. The third-order valence-electron chi connectivity index (χ3n) is 5.69. The molecule has 0 radical (unpaired) electrons. The molecule has 8 nitrogen and oxygen atoms in total. The molecule has 3 rings (SSSR count). The first-order valence-electron chi connectivity index (χ1n) is 9.94. The van der Waals surface area contributed by atoms with Gasteiger partial charge in [-0.1, -0.05) is 11.6 Å². The molecule has 0 aromatic heterocycles. The number of carbonyl (C=O) groups excluding carboxylic acids is 1. The minimum atomic E-state index is -0.503. The van der Waals surface area contributed by atoms with E-state index in [-0.39, 0.29) is 45.7 Å². The number of rotatable bonds is 7. The number of aliphatic hydroxyl groups is 1. The number of carbonyl (C=O) groups is 1. The third kappa shape index (κ3) is 5.06. The summed E-state index contributed by atoms with van der Waals surface area (Å²) in [4.78, 5) is 15.0. The van der Waals surface area contributed by atoms with Crippen molar-refractivity contribution in [2.75, 3.05) is 52.7 Å². The zero-order valence-electron chi connectivity index (χ0n) is 16.9. The molecule has 2 aliphatic heterocycles. The number of hydrogen-bond donors (Lipinski definition) is 3. The van der Waals surface area contributed by atoms with Gasteiger partial charge in [0.1, 0.15) is 0 Å². The molecule has 0 aliphatic carbocycles. The molecule has 1 amide bonds. The number of β-amino-alcohol motifs (C(OH)–C–C–N with tert-alkyl or cyclic N) is 1. The summed E-state index contributed by atoms with van der Waals surface area (Å²) in [5.74, 6) is 0.0966. The Morgan fingerprint density at radius 2 is 2.14 bits per heavy atom. The van der Waals surface area contributed by atoms with E-state index in [0.717, 1.165) is 39.0 Å². The highest BCUT2D eigenvalue weighted by atomic mass is 35.5. The molecule has 2 fully saturated rings. The summed E-state index contributed by atoms with van der Waals surface area (Å²) in [6.07, 6.45) is 2.77. The first-order valence-corrected chi connectivity index (χ1v) is 10.3. The van der Waals surface area contributed by atoms with E-state index < -0.39 is 6.10 Å². The Kier molecular flexibility index (Phi) is 7.45. The minimum Gasteiger partial charge on any atom is -0.492 e. The van der Waals surface area contributed by atoms with Crippen LogP contribution in [0.25, 0.3) is 0 Å². The molecule has 3 atom stereocenters. The average molecular weight is 428 g/mol. The number of methoxy groups -OCH3 is 2. The second kappa shape index (κ2) is 9.84. The van der Waals surface area contributed by atoms with Crippen LogP contribution in [0.15, 0.2) is 6.07 Å². The lowest BCUT2D eigenvalue weighted by molar-refractivity contribution is -0.00191. The first-order chi connectivity index (χ1) is 13.9.